The van der Waals surface area contributed by atoms with Crippen LogP contribution < -0.4 is 0 Å². The number of nitrogens with zero attached hydrogens (tertiary/aromatic N) is 1. The number of carbonyl (C=O) groups is 1. The number of hydrogen-bond acceptors (Lipinski definition) is 3. The second-order valence-corrected chi connectivity index (χ2v) is 4.29. The van der Waals surface area contributed by atoms with Crippen LogP contribution in [-0.2, 0) is 0 Å². The van der Waals surface area contributed by atoms with Gasteiger partial charge in [-0.05, 0) is 31.2 Å². The number of aryl methyl sites for hydroxylation is 1. The van der Waals surface area contributed by atoms with Crippen LogP contribution in [0.15, 0.2) is 24.3 Å². The number of halogens is 1. The molecule has 0 saturated heterocycles. The summed E-state index contributed by atoms with van der Waals surface area (Å²) in [5, 5.41) is 0.745. The molecule has 0 saturated carbocycles. The largest absolute Gasteiger partial charge is 0.296 e. The smallest absolute Gasteiger partial charge is 0.169 e. The van der Waals surface area contributed by atoms with E-state index in [1.165, 1.54) is 23.5 Å². The molecule has 2 rings (SSSR count). The van der Waals surface area contributed by atoms with Crippen LogP contribution in [0.25, 0.3) is 10.6 Å². The lowest BCUT2D eigenvalue weighted by molar-refractivity contribution is 0.111. The minimum absolute atomic E-state index is 0.275. The molecule has 76 valence electrons. The van der Waals surface area contributed by atoms with E-state index in [1.807, 2.05) is 6.92 Å². The van der Waals surface area contributed by atoms with Crippen LogP contribution in [0.3, 0.4) is 0 Å². The van der Waals surface area contributed by atoms with Crippen LogP contribution in [0.2, 0.25) is 0 Å². The fourth-order valence-corrected chi connectivity index (χ4v) is 2.12. The zero-order valence-electron chi connectivity index (χ0n) is 8.03. The zero-order valence-corrected chi connectivity index (χ0v) is 8.84. The number of thiazole rings is 1. The Balaban J connectivity index is 2.45. The van der Waals surface area contributed by atoms with Crippen molar-refractivity contribution in [2.75, 3.05) is 0 Å². The van der Waals surface area contributed by atoms with Gasteiger partial charge in [-0.3, -0.25) is 4.79 Å². The van der Waals surface area contributed by atoms with Gasteiger partial charge in [-0.1, -0.05) is 0 Å². The Morgan fingerprint density at radius 2 is 2.00 bits per heavy atom. The highest BCUT2D eigenvalue weighted by Gasteiger charge is 2.08. The summed E-state index contributed by atoms with van der Waals surface area (Å²) in [4.78, 5) is 15.6. The lowest BCUT2D eigenvalue weighted by Gasteiger charge is -1.94. The molecule has 0 N–H and O–H groups in total. The molecular weight excluding hydrogens is 213 g/mol. The first-order valence-corrected chi connectivity index (χ1v) is 5.21. The number of aldehydes is 1. The van der Waals surface area contributed by atoms with Gasteiger partial charge >= 0.3 is 0 Å². The van der Waals surface area contributed by atoms with Crippen LogP contribution in [0.1, 0.15) is 15.4 Å². The summed E-state index contributed by atoms with van der Waals surface area (Å²) in [6.45, 7) is 1.84. The van der Waals surface area contributed by atoms with Crippen LogP contribution in [-0.4, -0.2) is 11.3 Å². The van der Waals surface area contributed by atoms with Crippen molar-refractivity contribution in [2.45, 2.75) is 6.92 Å². The van der Waals surface area contributed by atoms with Crippen LogP contribution in [0.4, 0.5) is 4.39 Å². The first-order valence-electron chi connectivity index (χ1n) is 4.39. The molecular formula is C11H8FNOS. The topological polar surface area (TPSA) is 30.0 Å². The Morgan fingerprint density at radius 1 is 1.33 bits per heavy atom. The van der Waals surface area contributed by atoms with Gasteiger partial charge in [0.15, 0.2) is 6.29 Å². The predicted octanol–water partition coefficient (Wildman–Crippen LogP) is 3.07. The summed E-state index contributed by atoms with van der Waals surface area (Å²) in [5.74, 6) is -0.275. The fourth-order valence-electron chi connectivity index (χ4n) is 1.23. The Kier molecular flexibility index (Phi) is 2.60. The average Bonchev–Trinajstić information content (AvgIpc) is 2.61. The zero-order chi connectivity index (χ0) is 10.8. The van der Waals surface area contributed by atoms with E-state index in [-0.39, 0.29) is 5.82 Å². The van der Waals surface area contributed by atoms with Crippen LogP contribution >= 0.6 is 11.3 Å². The normalized spacial score (nSPS) is 10.3. The van der Waals surface area contributed by atoms with E-state index in [1.54, 1.807) is 12.1 Å². The molecule has 0 atom stereocenters. The van der Waals surface area contributed by atoms with E-state index in [4.69, 9.17) is 0 Å². The van der Waals surface area contributed by atoms with Crippen molar-refractivity contribution in [2.24, 2.45) is 0 Å². The molecule has 2 aromatic rings. The van der Waals surface area contributed by atoms with E-state index in [9.17, 15) is 9.18 Å². The molecule has 4 heteroatoms. The molecule has 1 aromatic heterocycles. The van der Waals surface area contributed by atoms with Gasteiger partial charge in [-0.15, -0.1) is 11.3 Å². The van der Waals surface area contributed by atoms with Gasteiger partial charge in [0.2, 0.25) is 0 Å². The van der Waals surface area contributed by atoms with E-state index in [0.29, 0.717) is 5.69 Å². The molecule has 1 aromatic carbocycles. The van der Waals surface area contributed by atoms with Crippen molar-refractivity contribution in [3.63, 3.8) is 0 Å². The number of aromatic nitrogens is 1. The summed E-state index contributed by atoms with van der Waals surface area (Å²) >= 11 is 1.43. The number of carbonyl (C=O) groups excluding carboxylic acids is 1. The molecule has 1 heterocycles. The molecule has 0 bridgehead atoms. The summed E-state index contributed by atoms with van der Waals surface area (Å²) in [6, 6.07) is 6.07. The third-order valence-electron chi connectivity index (χ3n) is 2.04. The Morgan fingerprint density at radius 3 is 2.53 bits per heavy atom. The van der Waals surface area contributed by atoms with Crippen molar-refractivity contribution in [1.29, 1.82) is 0 Å². The van der Waals surface area contributed by atoms with Crippen molar-refractivity contribution in [3.05, 3.63) is 40.7 Å². The average molecular weight is 221 g/mol. The quantitative estimate of drug-likeness (QED) is 0.729. The summed E-state index contributed by atoms with van der Waals surface area (Å²) in [6.07, 6.45) is 0.735. The second kappa shape index (κ2) is 3.90. The molecule has 15 heavy (non-hydrogen) atoms. The summed E-state index contributed by atoms with van der Waals surface area (Å²) < 4.78 is 12.7. The molecule has 0 aliphatic rings. The van der Waals surface area contributed by atoms with Gasteiger partial charge in [0, 0.05) is 10.4 Å². The first kappa shape index (κ1) is 9.98. The van der Waals surface area contributed by atoms with Crippen molar-refractivity contribution in [1.82, 2.24) is 4.98 Å². The Hall–Kier alpha value is -1.55. The molecule has 0 spiro atoms. The molecule has 0 unspecified atom stereocenters. The minimum Gasteiger partial charge on any atom is -0.296 e. The summed E-state index contributed by atoms with van der Waals surface area (Å²) in [5.41, 5.74) is 1.29. The fraction of sp³-hybridized carbons (Fsp3) is 0.0909. The second-order valence-electron chi connectivity index (χ2n) is 3.09. The van der Waals surface area contributed by atoms with E-state index >= 15 is 0 Å². The van der Waals surface area contributed by atoms with Gasteiger partial charge in [0.1, 0.15) is 16.5 Å². The van der Waals surface area contributed by atoms with Gasteiger partial charge in [0.05, 0.1) is 0 Å². The molecule has 0 radical (unpaired) electrons. The maximum absolute atomic E-state index is 12.7. The maximum atomic E-state index is 12.7. The molecule has 0 fully saturated rings. The summed E-state index contributed by atoms with van der Waals surface area (Å²) in [7, 11) is 0. The standard InChI is InChI=1S/C11H8FNOS/c1-7-10(6-14)13-11(15-7)8-2-4-9(12)5-3-8/h2-6H,1H3. The number of benzene rings is 1. The van der Waals surface area contributed by atoms with Crippen LogP contribution in [0.5, 0.6) is 0 Å². The van der Waals surface area contributed by atoms with Gasteiger partial charge in [0.25, 0.3) is 0 Å². The minimum atomic E-state index is -0.275. The van der Waals surface area contributed by atoms with E-state index in [2.05, 4.69) is 4.98 Å². The third kappa shape index (κ3) is 1.94. The third-order valence-corrected chi connectivity index (χ3v) is 3.07. The highest BCUT2D eigenvalue weighted by atomic mass is 32.1. The number of rotatable bonds is 2. The van der Waals surface area contributed by atoms with E-state index in [0.717, 1.165) is 21.7 Å². The number of hydrogen-bond donors (Lipinski definition) is 0. The van der Waals surface area contributed by atoms with Crippen molar-refractivity contribution >= 4 is 17.6 Å². The van der Waals surface area contributed by atoms with Crippen molar-refractivity contribution < 1.29 is 9.18 Å². The molecule has 0 amide bonds. The Labute approximate surface area is 90.4 Å². The van der Waals surface area contributed by atoms with E-state index < -0.39 is 0 Å². The molecule has 0 aliphatic heterocycles. The lowest BCUT2D eigenvalue weighted by Crippen LogP contribution is -1.82. The Bertz CT molecular complexity index is 490. The highest BCUT2D eigenvalue weighted by molar-refractivity contribution is 7.15. The van der Waals surface area contributed by atoms with Gasteiger partial charge < -0.3 is 0 Å². The lowest BCUT2D eigenvalue weighted by atomic mass is 10.2. The van der Waals surface area contributed by atoms with Gasteiger partial charge in [-0.25, -0.2) is 9.37 Å². The predicted molar refractivity (Wildman–Crippen MR) is 57.6 cm³/mol. The monoisotopic (exact) mass is 221 g/mol. The molecule has 2 nitrogen and oxygen atoms in total. The molecule has 0 aliphatic carbocycles. The highest BCUT2D eigenvalue weighted by Crippen LogP contribution is 2.26. The maximum Gasteiger partial charge on any atom is 0.169 e. The van der Waals surface area contributed by atoms with Crippen LogP contribution in [0, 0.1) is 12.7 Å². The SMILES string of the molecule is Cc1sc(-c2ccc(F)cc2)nc1C=O. The van der Waals surface area contributed by atoms with Gasteiger partial charge in [-0.2, -0.15) is 0 Å². The first-order chi connectivity index (χ1) is 7.20. The van der Waals surface area contributed by atoms with Crippen molar-refractivity contribution in [3.8, 4) is 10.6 Å².